The molecule has 0 fully saturated rings. The zero-order chi connectivity index (χ0) is 17.9. The zero-order valence-corrected chi connectivity index (χ0v) is 14.5. The zero-order valence-electron chi connectivity index (χ0n) is 14.5. The van der Waals surface area contributed by atoms with E-state index in [1.807, 2.05) is 0 Å². The molecule has 0 aliphatic heterocycles. The maximum atomic E-state index is 11.9. The van der Waals surface area contributed by atoms with Gasteiger partial charge in [0.1, 0.15) is 6.04 Å². The minimum atomic E-state index is -1.08. The number of carboxylic acid groups (broad SMARTS) is 1. The lowest BCUT2D eigenvalue weighted by molar-refractivity contribution is -0.141. The predicted molar refractivity (Wildman–Crippen MR) is 91.6 cm³/mol. The fourth-order valence-electron chi connectivity index (χ4n) is 2.40. The number of hydrogen-bond acceptors (Lipinski definition) is 3. The Kier molecular flexibility index (Phi) is 8.70. The van der Waals surface area contributed by atoms with E-state index < -0.39 is 12.0 Å². The molecule has 132 valence electrons. The molecular weight excluding hydrogens is 306 g/mol. The van der Waals surface area contributed by atoms with Crippen molar-refractivity contribution in [3.05, 3.63) is 29.8 Å². The number of rotatable bonds is 11. The topological polar surface area (TPSA) is 86.6 Å². The molecule has 3 N–H and O–H groups in total. The number of aliphatic carboxylic acids is 1. The van der Waals surface area contributed by atoms with Gasteiger partial charge in [0, 0.05) is 18.4 Å². The maximum Gasteiger partial charge on any atom is 0.326 e. The molecule has 1 atom stereocenters. The van der Waals surface area contributed by atoms with Crippen molar-refractivity contribution >= 4 is 11.9 Å². The number of carbonyl (C=O) groups excluding carboxylic acids is 1. The Morgan fingerprint density at radius 3 is 2.42 bits per heavy atom. The van der Waals surface area contributed by atoms with Crippen molar-refractivity contribution in [3.8, 4) is 5.75 Å². The number of amides is 1. The van der Waals surface area contributed by atoms with E-state index in [9.17, 15) is 14.7 Å². The average Bonchev–Trinajstić information content (AvgIpc) is 2.51. The molecule has 24 heavy (non-hydrogen) atoms. The van der Waals surface area contributed by atoms with Crippen LogP contribution in [0.2, 0.25) is 0 Å². The van der Waals surface area contributed by atoms with Crippen molar-refractivity contribution in [2.45, 2.75) is 64.8 Å². The SMILES string of the molecule is CC(C)CCCCCCC(=O)NC(Cc1c#cc(O)cc1)C(=O)O. The summed E-state index contributed by atoms with van der Waals surface area (Å²) in [6.07, 6.45) is 5.70. The Bertz CT molecular complexity index is 511. The van der Waals surface area contributed by atoms with Crippen LogP contribution >= 0.6 is 0 Å². The third-order valence-electron chi connectivity index (χ3n) is 3.79. The predicted octanol–water partition coefficient (Wildman–Crippen LogP) is 3.10. The summed E-state index contributed by atoms with van der Waals surface area (Å²) in [5.74, 6) is -0.665. The second-order valence-corrected chi connectivity index (χ2v) is 6.50. The Balaban J connectivity index is 2.32. The number of unbranched alkanes of at least 4 members (excludes halogenated alkanes) is 3. The highest BCUT2D eigenvalue weighted by Crippen LogP contribution is 2.11. The van der Waals surface area contributed by atoms with Crippen molar-refractivity contribution in [1.82, 2.24) is 5.32 Å². The lowest BCUT2D eigenvalue weighted by Gasteiger charge is -2.14. The summed E-state index contributed by atoms with van der Waals surface area (Å²) in [5.41, 5.74) is 0.578. The van der Waals surface area contributed by atoms with E-state index in [0.29, 0.717) is 17.9 Å². The summed E-state index contributed by atoms with van der Waals surface area (Å²) < 4.78 is 0. The molecule has 0 spiro atoms. The number of hydrogen-bond donors (Lipinski definition) is 3. The second-order valence-electron chi connectivity index (χ2n) is 6.50. The molecule has 0 heterocycles. The van der Waals surface area contributed by atoms with Crippen molar-refractivity contribution in [3.63, 3.8) is 0 Å². The first-order valence-electron chi connectivity index (χ1n) is 8.52. The Morgan fingerprint density at radius 2 is 1.83 bits per heavy atom. The fraction of sp³-hybridized carbons (Fsp3) is 0.579. The van der Waals surface area contributed by atoms with Gasteiger partial charge in [-0.1, -0.05) is 45.6 Å². The van der Waals surface area contributed by atoms with Crippen LogP contribution in [-0.2, 0) is 16.0 Å². The first kappa shape index (κ1) is 19.8. The van der Waals surface area contributed by atoms with Gasteiger partial charge in [0.2, 0.25) is 5.91 Å². The Labute approximate surface area is 144 Å². The monoisotopic (exact) mass is 333 g/mol. The molecule has 0 aromatic heterocycles. The molecule has 0 saturated heterocycles. The minimum Gasteiger partial charge on any atom is -0.501 e. The van der Waals surface area contributed by atoms with Gasteiger partial charge in [-0.3, -0.25) is 4.79 Å². The van der Waals surface area contributed by atoms with Gasteiger partial charge in [-0.05, 0) is 30.5 Å². The molecule has 0 bridgehead atoms. The summed E-state index contributed by atoms with van der Waals surface area (Å²) >= 11 is 0. The lowest BCUT2D eigenvalue weighted by Crippen LogP contribution is -2.42. The van der Waals surface area contributed by atoms with Crippen LogP contribution in [0.15, 0.2) is 12.1 Å². The summed E-state index contributed by atoms with van der Waals surface area (Å²) in [4.78, 5) is 23.2. The van der Waals surface area contributed by atoms with E-state index in [-0.39, 0.29) is 18.1 Å². The first-order valence-corrected chi connectivity index (χ1v) is 8.52. The van der Waals surface area contributed by atoms with E-state index in [1.54, 1.807) is 6.07 Å². The van der Waals surface area contributed by atoms with Crippen molar-refractivity contribution < 1.29 is 19.8 Å². The van der Waals surface area contributed by atoms with Gasteiger partial charge in [-0.15, -0.1) is 0 Å². The normalized spacial score (nSPS) is 11.8. The molecule has 0 aliphatic carbocycles. The highest BCUT2D eigenvalue weighted by molar-refractivity contribution is 5.83. The smallest absolute Gasteiger partial charge is 0.326 e. The number of nitrogens with one attached hydrogen (secondary N) is 1. The van der Waals surface area contributed by atoms with Gasteiger partial charge in [0.05, 0.1) is 0 Å². The summed E-state index contributed by atoms with van der Waals surface area (Å²) in [7, 11) is 0. The number of carboxylic acids is 1. The standard InChI is InChI=1S/C19H27NO4/c1-14(2)7-5-3-4-6-8-18(22)20-17(19(23)24)13-15-9-11-16(21)12-10-15/h9,11,14,17,21H,3-8,13H2,1-2H3,(H,20,22)(H,23,24). The molecule has 1 amide bonds. The Morgan fingerprint density at radius 1 is 1.12 bits per heavy atom. The highest BCUT2D eigenvalue weighted by atomic mass is 16.4. The van der Waals surface area contributed by atoms with Crippen molar-refractivity contribution in [2.24, 2.45) is 5.92 Å². The van der Waals surface area contributed by atoms with E-state index in [1.165, 1.54) is 18.9 Å². The molecule has 1 rings (SSSR count). The van der Waals surface area contributed by atoms with Gasteiger partial charge < -0.3 is 15.5 Å². The van der Waals surface area contributed by atoms with Crippen LogP contribution in [0.5, 0.6) is 5.75 Å². The van der Waals surface area contributed by atoms with Crippen LogP contribution in [0.1, 0.15) is 57.9 Å². The molecular formula is C19H27NO4. The molecule has 0 radical (unpaired) electrons. The van der Waals surface area contributed by atoms with E-state index in [0.717, 1.165) is 19.3 Å². The van der Waals surface area contributed by atoms with Crippen LogP contribution in [0.3, 0.4) is 0 Å². The molecule has 1 aromatic rings. The van der Waals surface area contributed by atoms with Crippen LogP contribution in [-0.4, -0.2) is 28.1 Å². The molecule has 1 unspecified atom stereocenters. The van der Waals surface area contributed by atoms with Gasteiger partial charge in [-0.2, -0.15) is 0 Å². The van der Waals surface area contributed by atoms with Gasteiger partial charge in [0.25, 0.3) is 0 Å². The number of aromatic hydroxyl groups is 1. The summed E-state index contributed by atoms with van der Waals surface area (Å²) in [6.45, 7) is 4.39. The lowest BCUT2D eigenvalue weighted by atomic mass is 10.0. The maximum absolute atomic E-state index is 11.9. The molecule has 1 aromatic carbocycles. The Hall–Kier alpha value is -2.22. The molecule has 0 saturated carbocycles. The highest BCUT2D eigenvalue weighted by Gasteiger charge is 2.20. The van der Waals surface area contributed by atoms with Crippen LogP contribution in [0.4, 0.5) is 0 Å². The van der Waals surface area contributed by atoms with Gasteiger partial charge in [-0.25, -0.2) is 4.79 Å². The first-order chi connectivity index (χ1) is 11.4. The van der Waals surface area contributed by atoms with Crippen LogP contribution in [0.25, 0.3) is 0 Å². The van der Waals surface area contributed by atoms with Crippen molar-refractivity contribution in [2.75, 3.05) is 0 Å². The van der Waals surface area contributed by atoms with E-state index in [4.69, 9.17) is 5.11 Å². The molecule has 5 nitrogen and oxygen atoms in total. The second kappa shape index (κ2) is 10.5. The molecule has 5 heteroatoms. The third-order valence-corrected chi connectivity index (χ3v) is 3.79. The van der Waals surface area contributed by atoms with Gasteiger partial charge >= 0.3 is 5.97 Å². The third kappa shape index (κ3) is 8.42. The fourth-order valence-corrected chi connectivity index (χ4v) is 2.40. The average molecular weight is 333 g/mol. The molecule has 0 aliphatic rings. The summed E-state index contributed by atoms with van der Waals surface area (Å²) in [5, 5.41) is 21.0. The van der Waals surface area contributed by atoms with Crippen molar-refractivity contribution in [1.29, 1.82) is 0 Å². The van der Waals surface area contributed by atoms with Gasteiger partial charge in [0.15, 0.2) is 5.75 Å². The number of carbonyl (C=O) groups is 2. The van der Waals surface area contributed by atoms with Crippen LogP contribution in [0, 0.1) is 18.1 Å². The van der Waals surface area contributed by atoms with Crippen LogP contribution < -0.4 is 5.32 Å². The van der Waals surface area contributed by atoms with E-state index in [2.05, 4.69) is 31.3 Å². The minimum absolute atomic E-state index is 0.0490. The van der Waals surface area contributed by atoms with E-state index >= 15 is 0 Å². The largest absolute Gasteiger partial charge is 0.501 e. The summed E-state index contributed by atoms with van der Waals surface area (Å²) in [6, 6.07) is 7.16. The quantitative estimate of drug-likeness (QED) is 0.543.